The largest absolute Gasteiger partial charge is 0.381 e. The molecule has 0 radical (unpaired) electrons. The van der Waals surface area contributed by atoms with E-state index in [2.05, 4.69) is 10.4 Å². The highest BCUT2D eigenvalue weighted by Gasteiger charge is 2.43. The molecule has 0 saturated carbocycles. The van der Waals surface area contributed by atoms with Gasteiger partial charge in [-0.25, -0.2) is 0 Å². The SMILES string of the molecule is CN(CC1CCCOC1)C(=O)C1(n2cccn2)CCNCC1.Cl. The first-order valence-electron chi connectivity index (χ1n) is 8.26. The van der Waals surface area contributed by atoms with Crippen molar-refractivity contribution in [3.05, 3.63) is 18.5 Å². The lowest BCUT2D eigenvalue weighted by Crippen LogP contribution is -2.55. The van der Waals surface area contributed by atoms with Gasteiger partial charge in [-0.15, -0.1) is 12.4 Å². The number of carbonyl (C=O) groups is 1. The topological polar surface area (TPSA) is 59.4 Å². The van der Waals surface area contributed by atoms with Crippen LogP contribution in [-0.2, 0) is 15.1 Å². The highest BCUT2D eigenvalue weighted by atomic mass is 35.5. The zero-order chi connectivity index (χ0) is 15.4. The standard InChI is InChI=1S/C16H26N4O2.ClH/c1-19(12-14-4-2-11-22-13-14)15(21)16(5-8-17-9-6-16)20-10-3-7-18-20;/h3,7,10,14,17H,2,4-6,8-9,11-13H2,1H3;1H. The lowest BCUT2D eigenvalue weighted by molar-refractivity contribution is -0.143. The number of halogens is 1. The van der Waals surface area contributed by atoms with Crippen LogP contribution in [0.3, 0.4) is 0 Å². The Morgan fingerprint density at radius 3 is 2.87 bits per heavy atom. The van der Waals surface area contributed by atoms with Crippen molar-refractivity contribution in [1.82, 2.24) is 20.0 Å². The van der Waals surface area contributed by atoms with Gasteiger partial charge in [0.1, 0.15) is 5.54 Å². The fourth-order valence-corrected chi connectivity index (χ4v) is 3.68. The van der Waals surface area contributed by atoms with E-state index < -0.39 is 5.54 Å². The van der Waals surface area contributed by atoms with Crippen LogP contribution < -0.4 is 5.32 Å². The Morgan fingerprint density at radius 1 is 1.48 bits per heavy atom. The third kappa shape index (κ3) is 3.87. The molecule has 1 aromatic rings. The van der Waals surface area contributed by atoms with Crippen molar-refractivity contribution in [2.24, 2.45) is 5.92 Å². The summed E-state index contributed by atoms with van der Waals surface area (Å²) in [6.07, 6.45) is 7.50. The number of piperidine rings is 1. The highest BCUT2D eigenvalue weighted by molar-refractivity contribution is 5.85. The lowest BCUT2D eigenvalue weighted by Gasteiger charge is -2.40. The van der Waals surface area contributed by atoms with E-state index in [4.69, 9.17) is 4.74 Å². The minimum Gasteiger partial charge on any atom is -0.381 e. The molecule has 1 N–H and O–H groups in total. The van der Waals surface area contributed by atoms with Crippen LogP contribution in [0.25, 0.3) is 0 Å². The number of nitrogens with one attached hydrogen (secondary N) is 1. The molecule has 1 atom stereocenters. The molecule has 6 nitrogen and oxygen atoms in total. The van der Waals surface area contributed by atoms with Crippen molar-refractivity contribution in [3.8, 4) is 0 Å². The van der Waals surface area contributed by atoms with Crippen LogP contribution in [-0.4, -0.2) is 60.5 Å². The molecule has 130 valence electrons. The molecule has 2 aliphatic rings. The van der Waals surface area contributed by atoms with E-state index in [1.807, 2.05) is 28.9 Å². The van der Waals surface area contributed by atoms with Gasteiger partial charge < -0.3 is 15.0 Å². The number of hydrogen-bond donors (Lipinski definition) is 1. The zero-order valence-electron chi connectivity index (χ0n) is 13.7. The molecule has 7 heteroatoms. The Balaban J connectivity index is 0.00000192. The van der Waals surface area contributed by atoms with Gasteiger partial charge in [-0.05, 0) is 50.8 Å². The van der Waals surface area contributed by atoms with Crippen LogP contribution >= 0.6 is 12.4 Å². The maximum Gasteiger partial charge on any atom is 0.250 e. The minimum atomic E-state index is -0.529. The van der Waals surface area contributed by atoms with Crippen LogP contribution in [0, 0.1) is 5.92 Å². The average molecular weight is 343 g/mol. The number of amides is 1. The fourth-order valence-electron chi connectivity index (χ4n) is 3.68. The summed E-state index contributed by atoms with van der Waals surface area (Å²) >= 11 is 0. The summed E-state index contributed by atoms with van der Waals surface area (Å²) in [5.74, 6) is 0.641. The van der Waals surface area contributed by atoms with Gasteiger partial charge in [0.25, 0.3) is 0 Å². The highest BCUT2D eigenvalue weighted by Crippen LogP contribution is 2.29. The molecule has 0 aromatic carbocycles. The summed E-state index contributed by atoms with van der Waals surface area (Å²) in [5, 5.41) is 7.72. The fraction of sp³-hybridized carbons (Fsp3) is 0.750. The predicted octanol–water partition coefficient (Wildman–Crippen LogP) is 1.27. The van der Waals surface area contributed by atoms with E-state index in [9.17, 15) is 4.79 Å². The summed E-state index contributed by atoms with van der Waals surface area (Å²) < 4.78 is 7.41. The Hall–Kier alpha value is -1.11. The molecule has 1 aromatic heterocycles. The minimum absolute atomic E-state index is 0. The molecule has 1 amide bonds. The number of carbonyl (C=O) groups excluding carboxylic acids is 1. The van der Waals surface area contributed by atoms with Crippen molar-refractivity contribution >= 4 is 18.3 Å². The number of ether oxygens (including phenoxy) is 1. The second-order valence-electron chi connectivity index (χ2n) is 6.50. The van der Waals surface area contributed by atoms with Crippen molar-refractivity contribution < 1.29 is 9.53 Å². The molecule has 23 heavy (non-hydrogen) atoms. The smallest absolute Gasteiger partial charge is 0.250 e. The number of rotatable bonds is 4. The van der Waals surface area contributed by atoms with Crippen LogP contribution in [0.15, 0.2) is 18.5 Å². The Kier molecular flexibility index (Phi) is 6.44. The van der Waals surface area contributed by atoms with Crippen molar-refractivity contribution in [1.29, 1.82) is 0 Å². The van der Waals surface area contributed by atoms with Gasteiger partial charge in [-0.3, -0.25) is 9.48 Å². The molecule has 0 spiro atoms. The van der Waals surface area contributed by atoms with Gasteiger partial charge in [0.05, 0.1) is 6.61 Å². The third-order valence-electron chi connectivity index (χ3n) is 4.91. The molecule has 2 saturated heterocycles. The van der Waals surface area contributed by atoms with Gasteiger partial charge in [0.2, 0.25) is 5.91 Å². The summed E-state index contributed by atoms with van der Waals surface area (Å²) in [4.78, 5) is 15.1. The predicted molar refractivity (Wildman–Crippen MR) is 90.7 cm³/mol. The van der Waals surface area contributed by atoms with Crippen LogP contribution in [0.5, 0.6) is 0 Å². The maximum atomic E-state index is 13.2. The monoisotopic (exact) mass is 342 g/mol. The molecular weight excluding hydrogens is 316 g/mol. The van der Waals surface area contributed by atoms with E-state index in [-0.39, 0.29) is 18.3 Å². The summed E-state index contributed by atoms with van der Waals surface area (Å²) in [6.45, 7) is 4.11. The second kappa shape index (κ2) is 8.13. The molecular formula is C16H27ClN4O2. The van der Waals surface area contributed by atoms with Gasteiger partial charge in [-0.1, -0.05) is 0 Å². The lowest BCUT2D eigenvalue weighted by atomic mass is 9.86. The molecule has 3 heterocycles. The first-order chi connectivity index (χ1) is 10.7. The first kappa shape index (κ1) is 18.2. The summed E-state index contributed by atoms with van der Waals surface area (Å²) in [6, 6.07) is 1.89. The van der Waals surface area contributed by atoms with E-state index in [1.54, 1.807) is 6.20 Å². The van der Waals surface area contributed by atoms with Gasteiger partial charge in [0.15, 0.2) is 0 Å². The van der Waals surface area contributed by atoms with Crippen molar-refractivity contribution in [3.63, 3.8) is 0 Å². The maximum absolute atomic E-state index is 13.2. The molecule has 0 bridgehead atoms. The molecule has 0 aliphatic carbocycles. The van der Waals surface area contributed by atoms with Gasteiger partial charge >= 0.3 is 0 Å². The second-order valence-corrected chi connectivity index (χ2v) is 6.50. The molecule has 2 aliphatic heterocycles. The van der Waals surface area contributed by atoms with Crippen molar-refractivity contribution in [2.75, 3.05) is 39.9 Å². The summed E-state index contributed by atoms with van der Waals surface area (Å²) in [5.41, 5.74) is -0.529. The Labute approximate surface area is 144 Å². The van der Waals surface area contributed by atoms with E-state index in [0.29, 0.717) is 5.92 Å². The zero-order valence-corrected chi connectivity index (χ0v) is 14.6. The number of nitrogens with zero attached hydrogens (tertiary/aromatic N) is 3. The average Bonchev–Trinajstić information content (AvgIpc) is 3.11. The van der Waals surface area contributed by atoms with Crippen LogP contribution in [0.2, 0.25) is 0 Å². The van der Waals surface area contributed by atoms with Crippen molar-refractivity contribution in [2.45, 2.75) is 31.2 Å². The normalized spacial score (nSPS) is 23.8. The Bertz CT molecular complexity index is 482. The number of aromatic nitrogens is 2. The first-order valence-corrected chi connectivity index (χ1v) is 8.26. The molecule has 3 rings (SSSR count). The summed E-state index contributed by atoms with van der Waals surface area (Å²) in [7, 11) is 1.92. The molecule has 1 unspecified atom stereocenters. The van der Waals surface area contributed by atoms with Crippen LogP contribution in [0.4, 0.5) is 0 Å². The van der Waals surface area contributed by atoms with Gasteiger partial charge in [-0.2, -0.15) is 5.10 Å². The Morgan fingerprint density at radius 2 is 2.26 bits per heavy atom. The number of hydrogen-bond acceptors (Lipinski definition) is 4. The van der Waals surface area contributed by atoms with E-state index in [1.165, 1.54) is 0 Å². The van der Waals surface area contributed by atoms with E-state index in [0.717, 1.165) is 58.5 Å². The van der Waals surface area contributed by atoms with Gasteiger partial charge in [0, 0.05) is 32.6 Å². The third-order valence-corrected chi connectivity index (χ3v) is 4.91. The number of likely N-dealkylation sites (N-methyl/N-ethyl adjacent to an activating group) is 1. The quantitative estimate of drug-likeness (QED) is 0.895. The molecule has 2 fully saturated rings. The van der Waals surface area contributed by atoms with E-state index >= 15 is 0 Å². The van der Waals surface area contributed by atoms with Crippen LogP contribution in [0.1, 0.15) is 25.7 Å².